The maximum Gasteiger partial charge on any atom is 0.494 e. The summed E-state index contributed by atoms with van der Waals surface area (Å²) >= 11 is 0. The number of benzene rings is 1. The number of carbonyl (C=O) groups excluding carboxylic acids is 1. The Balaban J connectivity index is 1.59. The van der Waals surface area contributed by atoms with E-state index in [1.54, 1.807) is 0 Å². The molecule has 1 aromatic carbocycles. The Bertz CT molecular complexity index is 693. The van der Waals surface area contributed by atoms with Crippen LogP contribution in [0.2, 0.25) is 0 Å². The molecule has 2 aliphatic heterocycles. The van der Waals surface area contributed by atoms with Gasteiger partial charge in [-0.1, -0.05) is 26.0 Å². The van der Waals surface area contributed by atoms with Crippen LogP contribution in [-0.2, 0) is 14.0 Å². The number of amides is 1. The second kappa shape index (κ2) is 8.96. The molecule has 7 heteroatoms. The molecule has 0 spiro atoms. The molecule has 2 aliphatic rings. The Labute approximate surface area is 175 Å². The molecule has 29 heavy (non-hydrogen) atoms. The molecule has 1 amide bonds. The van der Waals surface area contributed by atoms with Gasteiger partial charge in [0.05, 0.1) is 6.04 Å². The third-order valence-corrected chi connectivity index (χ3v) is 5.08. The zero-order valence-corrected chi connectivity index (χ0v) is 18.4. The van der Waals surface area contributed by atoms with E-state index >= 15 is 0 Å². The number of hydrogen-bond acceptors (Lipinski definition) is 5. The Morgan fingerprint density at radius 1 is 1.24 bits per heavy atom. The van der Waals surface area contributed by atoms with Crippen molar-refractivity contribution in [2.45, 2.75) is 65.5 Å². The van der Waals surface area contributed by atoms with Crippen molar-refractivity contribution in [1.29, 1.82) is 0 Å². The molecule has 2 fully saturated rings. The lowest BCUT2D eigenvalue weighted by Gasteiger charge is -2.36. The third kappa shape index (κ3) is 6.38. The summed E-state index contributed by atoms with van der Waals surface area (Å²) in [6, 6.07) is 7.85. The zero-order valence-electron chi connectivity index (χ0n) is 18.4. The van der Waals surface area contributed by atoms with Gasteiger partial charge < -0.3 is 23.7 Å². The minimum atomic E-state index is -0.497. The predicted molar refractivity (Wildman–Crippen MR) is 114 cm³/mol. The van der Waals surface area contributed by atoms with Crippen molar-refractivity contribution in [2.24, 2.45) is 5.41 Å². The third-order valence-electron chi connectivity index (χ3n) is 5.08. The molecule has 160 valence electrons. The maximum atomic E-state index is 12.6. The Hall–Kier alpha value is -1.73. The highest BCUT2D eigenvalue weighted by Crippen LogP contribution is 2.23. The smallest absolute Gasteiger partial charge is 0.491 e. The fraction of sp³-hybridized carbons (Fsp3) is 0.682. The minimum Gasteiger partial charge on any atom is -0.491 e. The molecule has 1 atom stereocenters. The number of likely N-dealkylation sites (tertiary alicyclic amines) is 1. The van der Waals surface area contributed by atoms with Crippen LogP contribution in [0.4, 0.5) is 4.79 Å². The number of nitrogens with zero attached hydrogens (tertiary/aromatic N) is 1. The van der Waals surface area contributed by atoms with Crippen molar-refractivity contribution in [3.05, 3.63) is 24.3 Å². The first-order valence-electron chi connectivity index (χ1n) is 10.6. The summed E-state index contributed by atoms with van der Waals surface area (Å²) in [6.45, 7) is 12.4. The van der Waals surface area contributed by atoms with E-state index in [1.165, 1.54) is 0 Å². The average molecular weight is 403 g/mol. The van der Waals surface area contributed by atoms with Crippen LogP contribution >= 0.6 is 0 Å². The van der Waals surface area contributed by atoms with E-state index in [-0.39, 0.29) is 24.7 Å². The summed E-state index contributed by atoms with van der Waals surface area (Å²) in [6.07, 6.45) is 2.75. The Morgan fingerprint density at radius 2 is 1.97 bits per heavy atom. The second-order valence-electron chi connectivity index (χ2n) is 9.82. The largest absolute Gasteiger partial charge is 0.494 e. The molecule has 0 bridgehead atoms. The molecule has 0 aliphatic carbocycles. The average Bonchev–Trinajstić information content (AvgIpc) is 2.65. The van der Waals surface area contributed by atoms with E-state index in [9.17, 15) is 4.79 Å². The molecule has 1 aromatic rings. The normalized spacial score (nSPS) is 22.3. The van der Waals surface area contributed by atoms with Crippen LogP contribution < -0.4 is 10.2 Å². The van der Waals surface area contributed by atoms with E-state index in [2.05, 4.69) is 13.8 Å². The molecule has 0 N–H and O–H groups in total. The first-order valence-corrected chi connectivity index (χ1v) is 10.6. The van der Waals surface area contributed by atoms with Crippen LogP contribution in [0.25, 0.3) is 0 Å². The summed E-state index contributed by atoms with van der Waals surface area (Å²) in [5.74, 6) is 0.759. The van der Waals surface area contributed by atoms with Crippen molar-refractivity contribution < 1.29 is 23.6 Å². The molecule has 2 saturated heterocycles. The Morgan fingerprint density at radius 3 is 2.66 bits per heavy atom. The van der Waals surface area contributed by atoms with Crippen LogP contribution in [0.5, 0.6) is 5.75 Å². The predicted octanol–water partition coefficient (Wildman–Crippen LogP) is 3.62. The van der Waals surface area contributed by atoms with Gasteiger partial charge in [0, 0.05) is 25.2 Å². The lowest BCUT2D eigenvalue weighted by molar-refractivity contribution is 0.00361. The van der Waals surface area contributed by atoms with Crippen LogP contribution in [0, 0.1) is 5.41 Å². The molecular weight excluding hydrogens is 369 g/mol. The molecule has 0 aromatic heterocycles. The minimum absolute atomic E-state index is 0.0187. The number of rotatable bonds is 4. The van der Waals surface area contributed by atoms with Gasteiger partial charge in [-0.3, -0.25) is 0 Å². The molecule has 2 heterocycles. The van der Waals surface area contributed by atoms with Crippen molar-refractivity contribution >= 4 is 18.7 Å². The fourth-order valence-electron chi connectivity index (χ4n) is 3.56. The van der Waals surface area contributed by atoms with E-state index in [0.717, 1.165) is 30.5 Å². The molecule has 3 rings (SSSR count). The lowest BCUT2D eigenvalue weighted by Crippen LogP contribution is -2.48. The van der Waals surface area contributed by atoms with Gasteiger partial charge in [-0.25, -0.2) is 4.79 Å². The summed E-state index contributed by atoms with van der Waals surface area (Å²) in [4.78, 5) is 14.4. The maximum absolute atomic E-state index is 12.6. The lowest BCUT2D eigenvalue weighted by atomic mass is 9.76. The standard InChI is InChI=1S/C22H34BNO5/c1-21(2,3)29-20(25)24-12-7-6-10-18(24)14-26-19-11-8-9-17(13-19)23-27-15-22(4,5)16-28-23/h8-9,11,13,18H,6-7,10,12,14-16H2,1-5H3. The number of ether oxygens (including phenoxy) is 2. The first-order chi connectivity index (χ1) is 13.6. The van der Waals surface area contributed by atoms with E-state index in [4.69, 9.17) is 18.8 Å². The van der Waals surface area contributed by atoms with Crippen LogP contribution in [0.15, 0.2) is 24.3 Å². The Kier molecular flexibility index (Phi) is 6.79. The van der Waals surface area contributed by atoms with Gasteiger partial charge in [0.1, 0.15) is 18.0 Å². The summed E-state index contributed by atoms with van der Waals surface area (Å²) in [5.41, 5.74) is 0.491. The topological polar surface area (TPSA) is 57.2 Å². The highest BCUT2D eigenvalue weighted by Gasteiger charge is 2.34. The van der Waals surface area contributed by atoms with E-state index in [1.807, 2.05) is 49.9 Å². The molecule has 0 saturated carbocycles. The van der Waals surface area contributed by atoms with Gasteiger partial charge >= 0.3 is 13.2 Å². The highest BCUT2D eigenvalue weighted by atomic mass is 16.6. The molecular formula is C22H34BNO5. The van der Waals surface area contributed by atoms with Crippen molar-refractivity contribution in [3.8, 4) is 5.75 Å². The van der Waals surface area contributed by atoms with E-state index < -0.39 is 5.60 Å². The van der Waals surface area contributed by atoms with Crippen molar-refractivity contribution in [1.82, 2.24) is 4.90 Å². The summed E-state index contributed by atoms with van der Waals surface area (Å²) < 4.78 is 23.4. The summed E-state index contributed by atoms with van der Waals surface area (Å²) in [7, 11) is -0.362. The van der Waals surface area contributed by atoms with Gasteiger partial charge in [0.2, 0.25) is 0 Å². The SMILES string of the molecule is CC1(C)COB(c2cccc(OCC3CCCCN3C(=O)OC(C)(C)C)c2)OC1. The summed E-state index contributed by atoms with van der Waals surface area (Å²) in [5, 5.41) is 0. The molecule has 1 unspecified atom stereocenters. The van der Waals surface area contributed by atoms with Gasteiger partial charge in [-0.2, -0.15) is 0 Å². The van der Waals surface area contributed by atoms with E-state index in [0.29, 0.717) is 26.4 Å². The van der Waals surface area contributed by atoms with Crippen molar-refractivity contribution in [3.63, 3.8) is 0 Å². The van der Waals surface area contributed by atoms with Crippen LogP contribution in [0.3, 0.4) is 0 Å². The second-order valence-corrected chi connectivity index (χ2v) is 9.82. The number of carbonyl (C=O) groups is 1. The van der Waals surface area contributed by atoms with Crippen LogP contribution in [-0.4, -0.2) is 56.1 Å². The zero-order chi connectivity index (χ0) is 21.1. The monoisotopic (exact) mass is 403 g/mol. The van der Waals surface area contributed by atoms with Crippen molar-refractivity contribution in [2.75, 3.05) is 26.4 Å². The number of piperidine rings is 1. The molecule has 0 radical (unpaired) electrons. The highest BCUT2D eigenvalue weighted by molar-refractivity contribution is 6.61. The number of hydrogen-bond donors (Lipinski definition) is 0. The molecule has 6 nitrogen and oxygen atoms in total. The van der Waals surface area contributed by atoms with Gasteiger partial charge in [0.25, 0.3) is 0 Å². The van der Waals surface area contributed by atoms with Gasteiger partial charge in [0.15, 0.2) is 0 Å². The first kappa shape index (κ1) is 22.0. The van der Waals surface area contributed by atoms with Gasteiger partial charge in [-0.05, 0) is 57.6 Å². The van der Waals surface area contributed by atoms with Crippen LogP contribution in [0.1, 0.15) is 53.9 Å². The fourth-order valence-corrected chi connectivity index (χ4v) is 3.56. The van der Waals surface area contributed by atoms with Gasteiger partial charge in [-0.15, -0.1) is 0 Å². The quantitative estimate of drug-likeness (QED) is 0.719.